The van der Waals surface area contributed by atoms with Crippen LogP contribution in [0, 0.1) is 0 Å². The Morgan fingerprint density at radius 3 is 1.78 bits per heavy atom. The van der Waals surface area contributed by atoms with E-state index in [0.717, 1.165) is 11.1 Å². The molecule has 0 bridgehead atoms. The van der Waals surface area contributed by atoms with Gasteiger partial charge in [0, 0.05) is 5.56 Å². The van der Waals surface area contributed by atoms with E-state index in [0.29, 0.717) is 0 Å². The fourth-order valence-corrected chi connectivity index (χ4v) is 1.61. The summed E-state index contributed by atoms with van der Waals surface area (Å²) in [6, 6.07) is 14.6. The maximum Gasteiger partial charge on any atom is 0.454 e. The van der Waals surface area contributed by atoms with E-state index in [1.165, 1.54) is 24.3 Å². The van der Waals surface area contributed by atoms with Crippen molar-refractivity contribution in [1.29, 1.82) is 0 Å². The van der Waals surface area contributed by atoms with E-state index in [-0.39, 0.29) is 5.56 Å². The average molecular weight is 250 g/mol. The molecule has 2 rings (SSSR count). The number of alkyl halides is 3. The standard InChI is InChI=1S/C14H9F3O/c15-14(16,17)13(18)12-8-6-11(7-9-12)10-4-2-1-3-5-10/h1-9H. The van der Waals surface area contributed by atoms with Gasteiger partial charge < -0.3 is 0 Å². The van der Waals surface area contributed by atoms with Gasteiger partial charge >= 0.3 is 6.18 Å². The van der Waals surface area contributed by atoms with Gasteiger partial charge in [0.1, 0.15) is 0 Å². The van der Waals surface area contributed by atoms with Crippen LogP contribution in [-0.2, 0) is 0 Å². The molecule has 2 aromatic rings. The van der Waals surface area contributed by atoms with Crippen LogP contribution < -0.4 is 0 Å². The number of carbonyl (C=O) groups excluding carboxylic acids is 1. The molecule has 0 N–H and O–H groups in total. The van der Waals surface area contributed by atoms with Gasteiger partial charge in [0.15, 0.2) is 0 Å². The molecule has 0 fully saturated rings. The maximum absolute atomic E-state index is 12.2. The van der Waals surface area contributed by atoms with Crippen LogP contribution >= 0.6 is 0 Å². The number of halogens is 3. The van der Waals surface area contributed by atoms with Crippen molar-refractivity contribution in [1.82, 2.24) is 0 Å². The summed E-state index contributed by atoms with van der Waals surface area (Å²) in [4.78, 5) is 11.0. The van der Waals surface area contributed by atoms with Crippen molar-refractivity contribution in [2.45, 2.75) is 6.18 Å². The molecule has 1 nitrogen and oxygen atoms in total. The minimum Gasteiger partial charge on any atom is -0.284 e. The molecule has 0 heterocycles. The third kappa shape index (κ3) is 2.59. The first-order valence-electron chi connectivity index (χ1n) is 5.25. The molecule has 0 amide bonds. The van der Waals surface area contributed by atoms with E-state index >= 15 is 0 Å². The van der Waals surface area contributed by atoms with Crippen molar-refractivity contribution in [2.24, 2.45) is 0 Å². The number of carbonyl (C=O) groups is 1. The maximum atomic E-state index is 12.2. The predicted molar refractivity (Wildman–Crippen MR) is 62.3 cm³/mol. The monoisotopic (exact) mass is 250 g/mol. The summed E-state index contributed by atoms with van der Waals surface area (Å²) in [6.45, 7) is 0. The van der Waals surface area contributed by atoms with Gasteiger partial charge in [-0.2, -0.15) is 13.2 Å². The number of ketones is 1. The van der Waals surface area contributed by atoms with E-state index in [1.807, 2.05) is 30.3 Å². The van der Waals surface area contributed by atoms with Crippen LogP contribution in [0.3, 0.4) is 0 Å². The lowest BCUT2D eigenvalue weighted by Gasteiger charge is -2.06. The number of Topliss-reactive ketones (excluding diaryl/α,β-unsaturated/α-hetero) is 1. The summed E-state index contributed by atoms with van der Waals surface area (Å²) in [5, 5.41) is 0. The third-order valence-electron chi connectivity index (χ3n) is 2.51. The summed E-state index contributed by atoms with van der Waals surface area (Å²) >= 11 is 0. The minimum atomic E-state index is -4.83. The second-order valence-electron chi connectivity index (χ2n) is 3.77. The molecular weight excluding hydrogens is 241 g/mol. The van der Waals surface area contributed by atoms with Crippen molar-refractivity contribution >= 4 is 5.78 Å². The second-order valence-corrected chi connectivity index (χ2v) is 3.77. The van der Waals surface area contributed by atoms with Crippen molar-refractivity contribution in [3.63, 3.8) is 0 Å². The zero-order valence-electron chi connectivity index (χ0n) is 9.24. The summed E-state index contributed by atoms with van der Waals surface area (Å²) in [5.74, 6) is -1.82. The molecule has 0 aliphatic carbocycles. The van der Waals surface area contributed by atoms with E-state index in [2.05, 4.69) is 0 Å². The highest BCUT2D eigenvalue weighted by Crippen LogP contribution is 2.24. The lowest BCUT2D eigenvalue weighted by molar-refractivity contribution is -0.0885. The van der Waals surface area contributed by atoms with E-state index < -0.39 is 12.0 Å². The average Bonchev–Trinajstić information content (AvgIpc) is 2.38. The molecule has 0 saturated carbocycles. The van der Waals surface area contributed by atoms with E-state index in [4.69, 9.17) is 0 Å². The third-order valence-corrected chi connectivity index (χ3v) is 2.51. The van der Waals surface area contributed by atoms with Crippen molar-refractivity contribution in [3.8, 4) is 11.1 Å². The van der Waals surface area contributed by atoms with Gasteiger partial charge in [-0.25, -0.2) is 0 Å². The Hall–Kier alpha value is -2.10. The van der Waals surface area contributed by atoms with Crippen LogP contribution in [0.15, 0.2) is 54.6 Å². The normalized spacial score (nSPS) is 11.3. The van der Waals surface area contributed by atoms with Gasteiger partial charge in [-0.15, -0.1) is 0 Å². The Morgan fingerprint density at radius 2 is 1.28 bits per heavy atom. The van der Waals surface area contributed by atoms with Crippen LogP contribution in [-0.4, -0.2) is 12.0 Å². The van der Waals surface area contributed by atoms with Crippen LogP contribution in [0.4, 0.5) is 13.2 Å². The largest absolute Gasteiger partial charge is 0.454 e. The Labute approximate surface area is 102 Å². The molecule has 0 aliphatic heterocycles. The van der Waals surface area contributed by atoms with Gasteiger partial charge in [-0.1, -0.05) is 54.6 Å². The molecule has 18 heavy (non-hydrogen) atoms. The fraction of sp³-hybridized carbons (Fsp3) is 0.0714. The lowest BCUT2D eigenvalue weighted by Crippen LogP contribution is -2.22. The number of rotatable bonds is 2. The summed E-state index contributed by atoms with van der Waals surface area (Å²) in [5.41, 5.74) is 1.32. The van der Waals surface area contributed by atoms with Crippen LogP contribution in [0.1, 0.15) is 10.4 Å². The van der Waals surface area contributed by atoms with Crippen molar-refractivity contribution in [2.75, 3.05) is 0 Å². The Balaban J connectivity index is 2.29. The molecule has 4 heteroatoms. The highest BCUT2D eigenvalue weighted by atomic mass is 19.4. The SMILES string of the molecule is O=C(c1ccc(-c2ccccc2)cc1)C(F)(F)F. The molecule has 0 aromatic heterocycles. The minimum absolute atomic E-state index is 0.345. The lowest BCUT2D eigenvalue weighted by atomic mass is 10.0. The molecule has 2 aromatic carbocycles. The van der Waals surface area contributed by atoms with Gasteiger partial charge in [0.05, 0.1) is 0 Å². The highest BCUT2D eigenvalue weighted by Gasteiger charge is 2.39. The first kappa shape index (κ1) is 12.4. The zero-order valence-corrected chi connectivity index (χ0v) is 9.24. The Kier molecular flexibility index (Phi) is 3.19. The predicted octanol–water partition coefficient (Wildman–Crippen LogP) is 4.10. The van der Waals surface area contributed by atoms with E-state index in [9.17, 15) is 18.0 Å². The molecule has 0 saturated heterocycles. The van der Waals surface area contributed by atoms with Crippen LogP contribution in [0.2, 0.25) is 0 Å². The second kappa shape index (κ2) is 4.64. The molecule has 0 radical (unpaired) electrons. The van der Waals surface area contributed by atoms with Crippen molar-refractivity contribution < 1.29 is 18.0 Å². The first-order valence-corrected chi connectivity index (χ1v) is 5.25. The molecule has 0 aliphatic rings. The summed E-state index contributed by atoms with van der Waals surface area (Å²) < 4.78 is 36.6. The summed E-state index contributed by atoms with van der Waals surface area (Å²) in [6.07, 6.45) is -4.83. The van der Waals surface area contributed by atoms with Gasteiger partial charge in [0.25, 0.3) is 5.78 Å². The molecule has 0 spiro atoms. The Morgan fingerprint density at radius 1 is 0.778 bits per heavy atom. The quantitative estimate of drug-likeness (QED) is 0.733. The highest BCUT2D eigenvalue weighted by molar-refractivity contribution is 6.00. The van der Waals surface area contributed by atoms with Gasteiger partial charge in [-0.05, 0) is 11.1 Å². The number of hydrogen-bond donors (Lipinski definition) is 0. The first-order chi connectivity index (χ1) is 8.48. The van der Waals surface area contributed by atoms with Crippen LogP contribution in [0.25, 0.3) is 11.1 Å². The van der Waals surface area contributed by atoms with Gasteiger partial charge in [0.2, 0.25) is 0 Å². The molecule has 0 atom stereocenters. The number of hydrogen-bond acceptors (Lipinski definition) is 1. The topological polar surface area (TPSA) is 17.1 Å². The molecule has 92 valence electrons. The number of benzene rings is 2. The van der Waals surface area contributed by atoms with Crippen molar-refractivity contribution in [3.05, 3.63) is 60.2 Å². The fourth-order valence-electron chi connectivity index (χ4n) is 1.61. The molecular formula is C14H9F3O. The summed E-state index contributed by atoms with van der Waals surface area (Å²) in [7, 11) is 0. The molecule has 0 unspecified atom stereocenters. The smallest absolute Gasteiger partial charge is 0.284 e. The zero-order chi connectivity index (χ0) is 13.2. The van der Waals surface area contributed by atoms with E-state index in [1.54, 1.807) is 0 Å². The van der Waals surface area contributed by atoms with Crippen LogP contribution in [0.5, 0.6) is 0 Å². The van der Waals surface area contributed by atoms with Gasteiger partial charge in [-0.3, -0.25) is 4.79 Å². The Bertz CT molecular complexity index is 542.